The Labute approximate surface area is 235 Å². The molecule has 0 spiro atoms. The molecular weight excluding hydrogens is 516 g/mol. The number of hydrogen-bond donors (Lipinski definition) is 8. The van der Waals surface area contributed by atoms with Crippen molar-refractivity contribution in [3.63, 3.8) is 0 Å². The number of amides is 3. The van der Waals surface area contributed by atoms with E-state index in [4.69, 9.17) is 28.7 Å². The summed E-state index contributed by atoms with van der Waals surface area (Å²) in [5.41, 5.74) is 27.8. The van der Waals surface area contributed by atoms with Gasteiger partial charge in [-0.2, -0.15) is 0 Å². The Morgan fingerprint density at radius 2 is 1.30 bits per heavy atom. The van der Waals surface area contributed by atoms with Crippen molar-refractivity contribution in [2.24, 2.45) is 38.7 Å². The quantitative estimate of drug-likeness (QED) is 0.0383. The summed E-state index contributed by atoms with van der Waals surface area (Å²) < 4.78 is 0. The number of nitrogens with two attached hydrogens (primary N) is 5. The molecule has 0 bridgehead atoms. The van der Waals surface area contributed by atoms with E-state index >= 15 is 0 Å². The molecule has 40 heavy (non-hydrogen) atoms. The fourth-order valence-electron chi connectivity index (χ4n) is 3.81. The Bertz CT molecular complexity index is 979. The molecule has 1 aromatic rings. The molecular formula is C26H44N10O4. The molecule has 0 heterocycles. The fourth-order valence-corrected chi connectivity index (χ4v) is 3.81. The SMILES string of the molecule is NCCCC[C@H](NC(=O)[C@H](CCCN=C(N)N)NC(=O)Cc1ccccc1)C(=O)N[C@H](C=O)CCCN=C(N)N. The van der Waals surface area contributed by atoms with Crippen molar-refractivity contribution in [1.29, 1.82) is 0 Å². The van der Waals surface area contributed by atoms with Gasteiger partial charge in [-0.1, -0.05) is 30.3 Å². The first-order chi connectivity index (χ1) is 19.2. The van der Waals surface area contributed by atoms with E-state index < -0.39 is 29.9 Å². The summed E-state index contributed by atoms with van der Waals surface area (Å²) in [7, 11) is 0. The van der Waals surface area contributed by atoms with Crippen LogP contribution in [0.15, 0.2) is 40.3 Å². The van der Waals surface area contributed by atoms with E-state index in [1.807, 2.05) is 30.3 Å². The molecule has 13 N–H and O–H groups in total. The molecule has 14 nitrogen and oxygen atoms in total. The predicted octanol–water partition coefficient (Wildman–Crippen LogP) is -1.88. The number of aldehydes is 1. The average Bonchev–Trinajstić information content (AvgIpc) is 2.91. The van der Waals surface area contributed by atoms with E-state index in [-0.39, 0.29) is 37.2 Å². The zero-order valence-electron chi connectivity index (χ0n) is 22.9. The van der Waals surface area contributed by atoms with Crippen LogP contribution in [0.4, 0.5) is 0 Å². The summed E-state index contributed by atoms with van der Waals surface area (Å²) in [6.07, 6.45) is 3.66. The van der Waals surface area contributed by atoms with Crippen LogP contribution in [0.25, 0.3) is 0 Å². The van der Waals surface area contributed by atoms with Gasteiger partial charge in [0.2, 0.25) is 17.7 Å². The normalized spacial score (nSPS) is 12.7. The van der Waals surface area contributed by atoms with Crippen molar-refractivity contribution in [2.75, 3.05) is 19.6 Å². The topological polar surface area (TPSA) is 259 Å². The Morgan fingerprint density at radius 1 is 0.750 bits per heavy atom. The number of carbonyl (C=O) groups is 4. The molecule has 0 aliphatic carbocycles. The molecule has 0 saturated heterocycles. The van der Waals surface area contributed by atoms with E-state index in [0.29, 0.717) is 57.9 Å². The largest absolute Gasteiger partial charge is 0.370 e. The minimum absolute atomic E-state index is 0.0573. The number of aliphatic imine (C=N–C) groups is 2. The Morgan fingerprint density at radius 3 is 1.88 bits per heavy atom. The van der Waals surface area contributed by atoms with Gasteiger partial charge in [0.1, 0.15) is 18.4 Å². The first-order valence-corrected chi connectivity index (χ1v) is 13.4. The highest BCUT2D eigenvalue weighted by atomic mass is 16.2. The molecule has 0 saturated carbocycles. The zero-order chi connectivity index (χ0) is 29.8. The van der Waals surface area contributed by atoms with E-state index in [0.717, 1.165) is 5.56 Å². The second kappa shape index (κ2) is 19.8. The molecule has 3 atom stereocenters. The van der Waals surface area contributed by atoms with Crippen LogP contribution in [0.2, 0.25) is 0 Å². The van der Waals surface area contributed by atoms with Crippen molar-refractivity contribution in [2.45, 2.75) is 69.5 Å². The summed E-state index contributed by atoms with van der Waals surface area (Å²) in [4.78, 5) is 58.5. The lowest BCUT2D eigenvalue weighted by molar-refractivity contribution is -0.132. The van der Waals surface area contributed by atoms with Crippen LogP contribution >= 0.6 is 0 Å². The molecule has 1 rings (SSSR count). The number of rotatable bonds is 20. The van der Waals surface area contributed by atoms with Crippen LogP contribution in [-0.2, 0) is 25.6 Å². The van der Waals surface area contributed by atoms with Gasteiger partial charge in [0.15, 0.2) is 11.9 Å². The average molecular weight is 561 g/mol. The number of carbonyl (C=O) groups excluding carboxylic acids is 4. The van der Waals surface area contributed by atoms with Crippen molar-refractivity contribution >= 4 is 35.9 Å². The number of guanidine groups is 2. The second-order valence-corrected chi connectivity index (χ2v) is 9.28. The smallest absolute Gasteiger partial charge is 0.243 e. The maximum Gasteiger partial charge on any atom is 0.243 e. The molecule has 3 amide bonds. The summed E-state index contributed by atoms with van der Waals surface area (Å²) in [6.45, 7) is 0.998. The summed E-state index contributed by atoms with van der Waals surface area (Å²) in [6, 6.07) is 6.45. The van der Waals surface area contributed by atoms with Crippen LogP contribution in [0.5, 0.6) is 0 Å². The molecule has 1 aromatic carbocycles. The van der Waals surface area contributed by atoms with Crippen LogP contribution in [0.3, 0.4) is 0 Å². The highest BCUT2D eigenvalue weighted by Crippen LogP contribution is 2.07. The minimum Gasteiger partial charge on any atom is -0.370 e. The molecule has 0 aromatic heterocycles. The van der Waals surface area contributed by atoms with Crippen LogP contribution < -0.4 is 44.6 Å². The number of unbranched alkanes of at least 4 members (excludes halogenated alkanes) is 1. The molecule has 14 heteroatoms. The molecule has 0 radical (unpaired) electrons. The molecule has 0 aliphatic rings. The van der Waals surface area contributed by atoms with Crippen LogP contribution in [0.1, 0.15) is 50.5 Å². The van der Waals surface area contributed by atoms with Crippen molar-refractivity contribution in [1.82, 2.24) is 16.0 Å². The summed E-state index contributed by atoms with van der Waals surface area (Å²) in [5, 5.41) is 8.17. The Hall–Kier alpha value is -4.20. The van der Waals surface area contributed by atoms with Gasteiger partial charge in [0.05, 0.1) is 12.5 Å². The highest BCUT2D eigenvalue weighted by Gasteiger charge is 2.27. The third-order valence-corrected chi connectivity index (χ3v) is 5.84. The van der Waals surface area contributed by atoms with Gasteiger partial charge in [-0.3, -0.25) is 24.4 Å². The van der Waals surface area contributed by atoms with E-state index in [2.05, 4.69) is 25.9 Å². The van der Waals surface area contributed by atoms with Gasteiger partial charge in [0, 0.05) is 13.1 Å². The Balaban J connectivity index is 2.93. The maximum atomic E-state index is 13.3. The van der Waals surface area contributed by atoms with Crippen molar-refractivity contribution in [3.8, 4) is 0 Å². The molecule has 0 aliphatic heterocycles. The van der Waals surface area contributed by atoms with E-state index in [1.165, 1.54) is 0 Å². The fraction of sp³-hybridized carbons (Fsp3) is 0.538. The standard InChI is InChI=1S/C26H44N10O4/c27-13-5-4-11-21(23(39)34-19(17-37)10-6-14-32-25(28)29)36-24(40)20(12-7-15-33-26(30)31)35-22(38)16-18-8-2-1-3-9-18/h1-3,8-9,17,19-21H,4-7,10-16,27H2,(H,34,39)(H,35,38)(H,36,40)(H4,28,29,32)(H4,30,31,33)/t19-,20-,21-/m0/s1. The molecule has 0 fully saturated rings. The van der Waals surface area contributed by atoms with Crippen LogP contribution in [0, 0.1) is 0 Å². The molecule has 222 valence electrons. The highest BCUT2D eigenvalue weighted by molar-refractivity contribution is 5.93. The van der Waals surface area contributed by atoms with Crippen molar-refractivity contribution < 1.29 is 19.2 Å². The number of benzene rings is 1. The number of nitrogens with zero attached hydrogens (tertiary/aromatic N) is 2. The minimum atomic E-state index is -0.939. The summed E-state index contributed by atoms with van der Waals surface area (Å²) >= 11 is 0. The lowest BCUT2D eigenvalue weighted by atomic mass is 10.0. The third kappa shape index (κ3) is 15.3. The first kappa shape index (κ1) is 33.8. The predicted molar refractivity (Wildman–Crippen MR) is 155 cm³/mol. The van der Waals surface area contributed by atoms with E-state index in [1.54, 1.807) is 0 Å². The number of hydrogen-bond acceptors (Lipinski definition) is 7. The van der Waals surface area contributed by atoms with Gasteiger partial charge in [0.25, 0.3) is 0 Å². The second-order valence-electron chi connectivity index (χ2n) is 9.28. The van der Waals surface area contributed by atoms with Gasteiger partial charge in [-0.05, 0) is 57.1 Å². The monoisotopic (exact) mass is 560 g/mol. The molecule has 0 unspecified atom stereocenters. The van der Waals surface area contributed by atoms with Gasteiger partial charge in [-0.15, -0.1) is 0 Å². The van der Waals surface area contributed by atoms with Crippen molar-refractivity contribution in [3.05, 3.63) is 35.9 Å². The zero-order valence-corrected chi connectivity index (χ0v) is 22.9. The first-order valence-electron chi connectivity index (χ1n) is 13.4. The Kier molecular flexibility index (Phi) is 16.8. The lowest BCUT2D eigenvalue weighted by Gasteiger charge is -2.24. The summed E-state index contributed by atoms with van der Waals surface area (Å²) in [5.74, 6) is -1.53. The van der Waals surface area contributed by atoms with Gasteiger partial charge >= 0.3 is 0 Å². The van der Waals surface area contributed by atoms with Crippen LogP contribution in [-0.4, -0.2) is 73.7 Å². The van der Waals surface area contributed by atoms with E-state index in [9.17, 15) is 19.2 Å². The lowest BCUT2D eigenvalue weighted by Crippen LogP contribution is -2.55. The number of nitrogens with one attached hydrogen (secondary N) is 3. The maximum absolute atomic E-state index is 13.3. The van der Waals surface area contributed by atoms with Gasteiger partial charge in [-0.25, -0.2) is 0 Å². The third-order valence-electron chi connectivity index (χ3n) is 5.84. The van der Waals surface area contributed by atoms with Gasteiger partial charge < -0.3 is 49.4 Å².